The lowest BCUT2D eigenvalue weighted by atomic mass is 10.3. The first kappa shape index (κ1) is 10.5. The number of hydrogen-bond acceptors (Lipinski definition) is 4. The van der Waals surface area contributed by atoms with Gasteiger partial charge < -0.3 is 10.1 Å². The smallest absolute Gasteiger partial charge is 0.252 e. The number of carbonyl (C=O) groups is 1. The van der Waals surface area contributed by atoms with E-state index in [1.165, 1.54) is 0 Å². The van der Waals surface area contributed by atoms with Crippen molar-refractivity contribution in [3.8, 4) is 5.75 Å². The van der Waals surface area contributed by atoms with Crippen LogP contribution >= 0.6 is 0 Å². The van der Waals surface area contributed by atoms with Crippen molar-refractivity contribution in [1.29, 1.82) is 0 Å². The highest BCUT2D eigenvalue weighted by Crippen LogP contribution is 2.16. The normalized spacial score (nSPS) is 9.57. The van der Waals surface area contributed by atoms with Gasteiger partial charge in [-0.3, -0.25) is 9.63 Å². The molecular weight excluding hydrogens is 184 g/mol. The summed E-state index contributed by atoms with van der Waals surface area (Å²) in [7, 11) is 1.56. The third-order valence-corrected chi connectivity index (χ3v) is 1.57. The zero-order valence-electron chi connectivity index (χ0n) is 7.82. The maximum atomic E-state index is 11.1. The van der Waals surface area contributed by atoms with Crippen LogP contribution in [0, 0.1) is 0 Å². The van der Waals surface area contributed by atoms with Crippen LogP contribution in [0.4, 0.5) is 5.69 Å². The molecule has 5 heteroatoms. The summed E-state index contributed by atoms with van der Waals surface area (Å²) in [5, 5.41) is 2.59. The molecule has 0 atom stereocenters. The number of anilines is 1. The number of amides is 1. The molecule has 0 radical (unpaired) electrons. The Kier molecular flexibility index (Phi) is 3.90. The highest BCUT2D eigenvalue weighted by molar-refractivity contribution is 5.91. The van der Waals surface area contributed by atoms with E-state index in [1.807, 2.05) is 0 Å². The Bertz CT molecular complexity index is 315. The molecule has 5 nitrogen and oxygen atoms in total. The molecule has 0 heterocycles. The van der Waals surface area contributed by atoms with Gasteiger partial charge >= 0.3 is 0 Å². The fourth-order valence-electron chi connectivity index (χ4n) is 0.974. The van der Waals surface area contributed by atoms with Crippen molar-refractivity contribution >= 4 is 11.6 Å². The number of methoxy groups -OCH3 is 1. The van der Waals surface area contributed by atoms with Crippen LogP contribution in [0.3, 0.4) is 0 Å². The van der Waals surface area contributed by atoms with Gasteiger partial charge in [0.05, 0.1) is 7.11 Å². The Morgan fingerprint density at radius 1 is 1.57 bits per heavy atom. The molecular formula is C9H12N2O3. The van der Waals surface area contributed by atoms with Crippen molar-refractivity contribution in [2.75, 3.05) is 19.0 Å². The Balaban J connectivity index is 2.62. The number of benzene rings is 1. The summed E-state index contributed by atoms with van der Waals surface area (Å²) in [6, 6.07) is 7.01. The molecule has 0 saturated carbocycles. The van der Waals surface area contributed by atoms with E-state index < -0.39 is 0 Å². The number of nitrogens with one attached hydrogen (secondary N) is 1. The largest absolute Gasteiger partial charge is 0.497 e. The fraction of sp³-hybridized carbons (Fsp3) is 0.222. The summed E-state index contributed by atoms with van der Waals surface area (Å²) in [6.45, 7) is -0.169. The summed E-state index contributed by atoms with van der Waals surface area (Å²) in [5.41, 5.74) is 0.645. The predicted molar refractivity (Wildman–Crippen MR) is 51.8 cm³/mol. The predicted octanol–water partition coefficient (Wildman–Crippen LogP) is 0.524. The Morgan fingerprint density at radius 2 is 2.36 bits per heavy atom. The minimum atomic E-state index is -0.305. The molecule has 1 rings (SSSR count). The summed E-state index contributed by atoms with van der Waals surface area (Å²) in [6.07, 6.45) is 0. The number of carbonyl (C=O) groups excluding carboxylic acids is 1. The molecule has 0 unspecified atom stereocenters. The van der Waals surface area contributed by atoms with Crippen LogP contribution in [0.15, 0.2) is 24.3 Å². The summed E-state index contributed by atoms with van der Waals surface area (Å²) >= 11 is 0. The second kappa shape index (κ2) is 5.21. The summed E-state index contributed by atoms with van der Waals surface area (Å²) in [5.74, 6) is 5.13. The van der Waals surface area contributed by atoms with Crippen LogP contribution in [0.2, 0.25) is 0 Å². The van der Waals surface area contributed by atoms with Gasteiger partial charge in [-0.2, -0.15) is 0 Å². The fourth-order valence-corrected chi connectivity index (χ4v) is 0.974. The van der Waals surface area contributed by atoms with Crippen molar-refractivity contribution in [3.63, 3.8) is 0 Å². The quantitative estimate of drug-likeness (QED) is 0.689. The molecule has 0 aromatic heterocycles. The Labute approximate surface area is 81.8 Å². The van der Waals surface area contributed by atoms with Gasteiger partial charge in [-0.15, -0.1) is 0 Å². The summed E-state index contributed by atoms with van der Waals surface area (Å²) in [4.78, 5) is 15.2. The van der Waals surface area contributed by atoms with Crippen molar-refractivity contribution < 1.29 is 14.4 Å². The van der Waals surface area contributed by atoms with Crippen molar-refractivity contribution in [1.82, 2.24) is 0 Å². The van der Waals surface area contributed by atoms with Crippen LogP contribution in [-0.2, 0) is 9.63 Å². The van der Waals surface area contributed by atoms with E-state index in [4.69, 9.17) is 10.6 Å². The topological polar surface area (TPSA) is 73.6 Å². The van der Waals surface area contributed by atoms with Crippen LogP contribution in [0.25, 0.3) is 0 Å². The van der Waals surface area contributed by atoms with Gasteiger partial charge in [0.2, 0.25) is 0 Å². The molecule has 1 aromatic rings. The maximum absolute atomic E-state index is 11.1. The molecule has 0 aliphatic carbocycles. The maximum Gasteiger partial charge on any atom is 0.252 e. The average Bonchev–Trinajstić information content (AvgIpc) is 2.18. The SMILES string of the molecule is COc1cccc(NC(=O)CON)c1. The third kappa shape index (κ3) is 3.04. The van der Waals surface area contributed by atoms with Crippen LogP contribution in [0.1, 0.15) is 0 Å². The molecule has 0 bridgehead atoms. The Hall–Kier alpha value is -1.59. The lowest BCUT2D eigenvalue weighted by molar-refractivity contribution is -0.120. The molecule has 0 spiro atoms. The van der Waals surface area contributed by atoms with Gasteiger partial charge in [-0.05, 0) is 12.1 Å². The van der Waals surface area contributed by atoms with Crippen molar-refractivity contribution in [2.24, 2.45) is 5.90 Å². The molecule has 0 aliphatic rings. The van der Waals surface area contributed by atoms with Gasteiger partial charge in [0.25, 0.3) is 5.91 Å². The van der Waals surface area contributed by atoms with Crippen molar-refractivity contribution in [2.45, 2.75) is 0 Å². The number of rotatable bonds is 4. The highest BCUT2D eigenvalue weighted by atomic mass is 16.6. The van der Waals surface area contributed by atoms with E-state index in [2.05, 4.69) is 10.2 Å². The van der Waals surface area contributed by atoms with Crippen LogP contribution < -0.4 is 16.0 Å². The van der Waals surface area contributed by atoms with Crippen LogP contribution in [0.5, 0.6) is 5.75 Å². The molecule has 14 heavy (non-hydrogen) atoms. The molecule has 0 saturated heterocycles. The minimum absolute atomic E-state index is 0.169. The lowest BCUT2D eigenvalue weighted by Crippen LogP contribution is -2.20. The zero-order chi connectivity index (χ0) is 10.4. The molecule has 1 aromatic carbocycles. The first-order chi connectivity index (χ1) is 6.76. The van der Waals surface area contributed by atoms with E-state index >= 15 is 0 Å². The van der Waals surface area contributed by atoms with Crippen molar-refractivity contribution in [3.05, 3.63) is 24.3 Å². The zero-order valence-corrected chi connectivity index (χ0v) is 7.82. The second-order valence-electron chi connectivity index (χ2n) is 2.59. The molecule has 3 N–H and O–H groups in total. The second-order valence-corrected chi connectivity index (χ2v) is 2.59. The van der Waals surface area contributed by atoms with E-state index in [0.717, 1.165) is 0 Å². The van der Waals surface area contributed by atoms with Gasteiger partial charge in [0.1, 0.15) is 12.4 Å². The van der Waals surface area contributed by atoms with E-state index in [9.17, 15) is 4.79 Å². The van der Waals surface area contributed by atoms with E-state index in [1.54, 1.807) is 31.4 Å². The molecule has 76 valence electrons. The molecule has 0 fully saturated rings. The third-order valence-electron chi connectivity index (χ3n) is 1.57. The van der Waals surface area contributed by atoms with E-state index in [0.29, 0.717) is 11.4 Å². The Morgan fingerprint density at radius 3 is 3.00 bits per heavy atom. The number of ether oxygens (including phenoxy) is 1. The average molecular weight is 196 g/mol. The number of nitrogens with two attached hydrogens (primary N) is 1. The first-order valence-corrected chi connectivity index (χ1v) is 4.02. The van der Waals surface area contributed by atoms with Gasteiger partial charge in [0, 0.05) is 11.8 Å². The first-order valence-electron chi connectivity index (χ1n) is 4.02. The van der Waals surface area contributed by atoms with Crippen LogP contribution in [-0.4, -0.2) is 19.6 Å². The number of hydrogen-bond donors (Lipinski definition) is 2. The monoisotopic (exact) mass is 196 g/mol. The molecule has 1 amide bonds. The van der Waals surface area contributed by atoms with Gasteiger partial charge in [-0.25, -0.2) is 5.90 Å². The van der Waals surface area contributed by atoms with Gasteiger partial charge in [0.15, 0.2) is 0 Å². The minimum Gasteiger partial charge on any atom is -0.497 e. The highest BCUT2D eigenvalue weighted by Gasteiger charge is 2.01. The van der Waals surface area contributed by atoms with Gasteiger partial charge in [-0.1, -0.05) is 6.07 Å². The lowest BCUT2D eigenvalue weighted by Gasteiger charge is -2.05. The van der Waals surface area contributed by atoms with E-state index in [-0.39, 0.29) is 12.5 Å². The standard InChI is InChI=1S/C9H12N2O3/c1-13-8-4-2-3-7(5-8)11-9(12)6-14-10/h2-5H,6,10H2,1H3,(H,11,12). The molecule has 0 aliphatic heterocycles. The summed E-state index contributed by atoms with van der Waals surface area (Å²) < 4.78 is 4.99.